The van der Waals surface area contributed by atoms with Crippen LogP contribution in [0.5, 0.6) is 11.5 Å². The number of phenols is 1. The Labute approximate surface area is 117 Å². The van der Waals surface area contributed by atoms with Crippen molar-refractivity contribution in [1.82, 2.24) is 0 Å². The zero-order valence-corrected chi connectivity index (χ0v) is 11.1. The molecule has 0 amide bonds. The largest absolute Gasteiger partial charge is 0.507 e. The minimum absolute atomic E-state index is 0.0703. The van der Waals surface area contributed by atoms with Gasteiger partial charge < -0.3 is 14.9 Å². The van der Waals surface area contributed by atoms with Gasteiger partial charge in [-0.25, -0.2) is 4.79 Å². The molecular formula is C16H16O4. The minimum Gasteiger partial charge on any atom is -0.507 e. The fraction of sp³-hybridized carbons (Fsp3) is 0.188. The maximum absolute atomic E-state index is 11.9. The Hall–Kier alpha value is -2.33. The van der Waals surface area contributed by atoms with Crippen LogP contribution in [0.4, 0.5) is 0 Å². The van der Waals surface area contributed by atoms with Crippen LogP contribution in [0.15, 0.2) is 48.5 Å². The van der Waals surface area contributed by atoms with Crippen LogP contribution in [0.1, 0.15) is 35.4 Å². The van der Waals surface area contributed by atoms with Gasteiger partial charge in [0, 0.05) is 0 Å². The average Bonchev–Trinajstić information content (AvgIpc) is 2.47. The number of para-hydroxylation sites is 1. The van der Waals surface area contributed by atoms with Crippen LogP contribution in [0.2, 0.25) is 0 Å². The lowest BCUT2D eigenvalue weighted by Crippen LogP contribution is -2.09. The molecular weight excluding hydrogens is 256 g/mol. The first-order valence-corrected chi connectivity index (χ1v) is 6.40. The fourth-order valence-corrected chi connectivity index (χ4v) is 1.81. The summed E-state index contributed by atoms with van der Waals surface area (Å²) in [5.41, 5.74) is 0.641. The Bertz CT molecular complexity index is 593. The number of rotatable bonds is 4. The van der Waals surface area contributed by atoms with E-state index in [1.165, 1.54) is 12.1 Å². The zero-order valence-electron chi connectivity index (χ0n) is 11.1. The van der Waals surface area contributed by atoms with Crippen LogP contribution in [0, 0.1) is 0 Å². The topological polar surface area (TPSA) is 66.8 Å². The van der Waals surface area contributed by atoms with E-state index in [1.807, 2.05) is 13.0 Å². The van der Waals surface area contributed by atoms with Crippen LogP contribution in [-0.2, 0) is 0 Å². The fourth-order valence-electron chi connectivity index (χ4n) is 1.81. The van der Waals surface area contributed by atoms with Gasteiger partial charge in [-0.3, -0.25) is 0 Å². The van der Waals surface area contributed by atoms with Gasteiger partial charge in [0.2, 0.25) is 0 Å². The van der Waals surface area contributed by atoms with Crippen LogP contribution in [0.25, 0.3) is 0 Å². The highest BCUT2D eigenvalue weighted by Gasteiger charge is 2.15. The van der Waals surface area contributed by atoms with Crippen LogP contribution in [0.3, 0.4) is 0 Å². The number of esters is 1. The molecule has 104 valence electrons. The summed E-state index contributed by atoms with van der Waals surface area (Å²) in [5.74, 6) is -0.420. The first-order valence-electron chi connectivity index (χ1n) is 6.40. The number of phenolic OH excluding ortho intramolecular Hbond substituents is 1. The molecule has 0 saturated carbocycles. The minimum atomic E-state index is -0.653. The number of hydrogen-bond acceptors (Lipinski definition) is 4. The van der Waals surface area contributed by atoms with Crippen LogP contribution >= 0.6 is 0 Å². The van der Waals surface area contributed by atoms with Gasteiger partial charge in [-0.15, -0.1) is 0 Å². The molecule has 4 heteroatoms. The molecule has 0 aliphatic rings. The Kier molecular flexibility index (Phi) is 4.38. The van der Waals surface area contributed by atoms with Crippen molar-refractivity contribution in [3.63, 3.8) is 0 Å². The average molecular weight is 272 g/mol. The quantitative estimate of drug-likeness (QED) is 0.663. The van der Waals surface area contributed by atoms with E-state index in [2.05, 4.69) is 0 Å². The van der Waals surface area contributed by atoms with Gasteiger partial charge in [0.05, 0.1) is 6.10 Å². The smallest absolute Gasteiger partial charge is 0.347 e. The van der Waals surface area contributed by atoms with E-state index < -0.39 is 12.1 Å². The lowest BCUT2D eigenvalue weighted by molar-refractivity contribution is 0.0731. The molecule has 2 aromatic rings. The van der Waals surface area contributed by atoms with Crippen molar-refractivity contribution in [3.05, 3.63) is 59.7 Å². The predicted octanol–water partition coefficient (Wildman–Crippen LogP) is 3.05. The van der Waals surface area contributed by atoms with Crippen molar-refractivity contribution in [3.8, 4) is 11.5 Å². The molecule has 0 aromatic heterocycles. The van der Waals surface area contributed by atoms with Crippen molar-refractivity contribution in [2.45, 2.75) is 19.4 Å². The third kappa shape index (κ3) is 3.16. The molecule has 0 aliphatic heterocycles. The molecule has 4 nitrogen and oxygen atoms in total. The van der Waals surface area contributed by atoms with Crippen LogP contribution in [-0.4, -0.2) is 16.2 Å². The molecule has 0 heterocycles. The molecule has 2 rings (SSSR count). The van der Waals surface area contributed by atoms with Gasteiger partial charge >= 0.3 is 5.97 Å². The van der Waals surface area contributed by atoms with Gasteiger partial charge in [-0.1, -0.05) is 31.2 Å². The van der Waals surface area contributed by atoms with E-state index in [0.717, 1.165) is 0 Å². The maximum atomic E-state index is 11.9. The third-order valence-electron chi connectivity index (χ3n) is 2.97. The number of ether oxygens (including phenoxy) is 1. The summed E-state index contributed by atoms with van der Waals surface area (Å²) in [6.45, 7) is 1.83. The molecule has 0 bridgehead atoms. The highest BCUT2D eigenvalue weighted by Crippen LogP contribution is 2.25. The summed E-state index contributed by atoms with van der Waals surface area (Å²) >= 11 is 0. The normalized spacial score (nSPS) is 11.9. The Morgan fingerprint density at radius 3 is 2.50 bits per heavy atom. The first-order chi connectivity index (χ1) is 9.61. The van der Waals surface area contributed by atoms with E-state index in [0.29, 0.717) is 17.7 Å². The number of aliphatic hydroxyl groups excluding tert-OH is 1. The van der Waals surface area contributed by atoms with Gasteiger partial charge in [-0.05, 0) is 36.2 Å². The number of aromatic hydroxyl groups is 1. The number of hydrogen-bond donors (Lipinski definition) is 2. The molecule has 1 atom stereocenters. The van der Waals surface area contributed by atoms with E-state index in [4.69, 9.17) is 4.74 Å². The third-order valence-corrected chi connectivity index (χ3v) is 2.97. The zero-order chi connectivity index (χ0) is 14.5. The van der Waals surface area contributed by atoms with Gasteiger partial charge in [0.15, 0.2) is 0 Å². The molecule has 0 fully saturated rings. The molecule has 20 heavy (non-hydrogen) atoms. The molecule has 2 N–H and O–H groups in total. The molecule has 0 aliphatic carbocycles. The summed E-state index contributed by atoms with van der Waals surface area (Å²) < 4.78 is 5.15. The number of benzene rings is 2. The second kappa shape index (κ2) is 6.21. The molecule has 1 unspecified atom stereocenters. The summed E-state index contributed by atoms with van der Waals surface area (Å²) in [4.78, 5) is 11.9. The Morgan fingerprint density at radius 2 is 1.90 bits per heavy atom. The van der Waals surface area contributed by atoms with Crippen molar-refractivity contribution < 1.29 is 19.7 Å². The number of carbonyl (C=O) groups is 1. The van der Waals surface area contributed by atoms with E-state index in [-0.39, 0.29) is 11.3 Å². The molecule has 2 aromatic carbocycles. The highest BCUT2D eigenvalue weighted by molar-refractivity contribution is 5.93. The molecule has 0 spiro atoms. The summed E-state index contributed by atoms with van der Waals surface area (Å²) in [6, 6.07) is 13.1. The SMILES string of the molecule is CCC(O)c1ccc(C(=O)Oc2ccccc2)c(O)c1. The lowest BCUT2D eigenvalue weighted by atomic mass is 10.0. The monoisotopic (exact) mass is 272 g/mol. The summed E-state index contributed by atoms with van der Waals surface area (Å²) in [5, 5.41) is 19.6. The van der Waals surface area contributed by atoms with Crippen LogP contribution < -0.4 is 4.74 Å². The molecule has 0 radical (unpaired) electrons. The first kappa shape index (κ1) is 14.1. The van der Waals surface area contributed by atoms with E-state index in [9.17, 15) is 15.0 Å². The van der Waals surface area contributed by atoms with Crippen molar-refractivity contribution >= 4 is 5.97 Å². The summed E-state index contributed by atoms with van der Waals surface area (Å²) in [6.07, 6.45) is -0.118. The Morgan fingerprint density at radius 1 is 1.20 bits per heavy atom. The highest BCUT2D eigenvalue weighted by atomic mass is 16.5. The second-order valence-electron chi connectivity index (χ2n) is 4.40. The maximum Gasteiger partial charge on any atom is 0.347 e. The van der Waals surface area contributed by atoms with Gasteiger partial charge in [-0.2, -0.15) is 0 Å². The van der Waals surface area contributed by atoms with Crippen molar-refractivity contribution in [2.24, 2.45) is 0 Å². The van der Waals surface area contributed by atoms with Crippen molar-refractivity contribution in [1.29, 1.82) is 0 Å². The second-order valence-corrected chi connectivity index (χ2v) is 4.40. The summed E-state index contributed by atoms with van der Waals surface area (Å²) in [7, 11) is 0. The number of carbonyl (C=O) groups excluding carboxylic acids is 1. The van der Waals surface area contributed by atoms with Gasteiger partial charge in [0.1, 0.15) is 17.1 Å². The van der Waals surface area contributed by atoms with E-state index >= 15 is 0 Å². The van der Waals surface area contributed by atoms with Gasteiger partial charge in [0.25, 0.3) is 0 Å². The standard InChI is InChI=1S/C16H16O4/c1-2-14(17)11-8-9-13(15(18)10-11)16(19)20-12-6-4-3-5-7-12/h3-10,14,17-18H,2H2,1H3. The Balaban J connectivity index is 2.18. The predicted molar refractivity (Wildman–Crippen MR) is 74.8 cm³/mol. The van der Waals surface area contributed by atoms with E-state index in [1.54, 1.807) is 30.3 Å². The lowest BCUT2D eigenvalue weighted by Gasteiger charge is -2.11. The number of aliphatic hydroxyl groups is 1. The molecule has 0 saturated heterocycles. The van der Waals surface area contributed by atoms with Crippen molar-refractivity contribution in [2.75, 3.05) is 0 Å².